The topological polar surface area (TPSA) is 42.2 Å². The Bertz CT molecular complexity index is 575. The first-order valence-electron chi connectivity index (χ1n) is 6.57. The van der Waals surface area contributed by atoms with Crippen LogP contribution in [0.3, 0.4) is 0 Å². The molecule has 3 nitrogen and oxygen atoms in total. The maximum Gasteiger partial charge on any atom is 0.256 e. The molecule has 0 spiro atoms. The molecule has 1 amide bonds. The Hall–Kier alpha value is -1.55. The zero-order chi connectivity index (χ0) is 14.6. The summed E-state index contributed by atoms with van der Waals surface area (Å²) in [5.74, 6) is -0.122. The van der Waals surface area contributed by atoms with Crippen molar-refractivity contribution in [1.29, 1.82) is 0 Å². The first-order valence-corrected chi connectivity index (χ1v) is 7.37. The van der Waals surface area contributed by atoms with Crippen molar-refractivity contribution in [2.75, 3.05) is 0 Å². The van der Waals surface area contributed by atoms with Gasteiger partial charge in [-0.3, -0.25) is 4.79 Å². The predicted molar refractivity (Wildman–Crippen MR) is 82.7 cm³/mol. The molecule has 1 aromatic heterocycles. The minimum Gasteiger partial charge on any atom is -0.457 e. The molecule has 0 aliphatic rings. The fourth-order valence-corrected chi connectivity index (χ4v) is 2.41. The summed E-state index contributed by atoms with van der Waals surface area (Å²) in [6.45, 7) is 4.06. The van der Waals surface area contributed by atoms with E-state index in [9.17, 15) is 4.79 Å². The number of rotatable bonds is 5. The van der Waals surface area contributed by atoms with E-state index >= 15 is 0 Å². The van der Waals surface area contributed by atoms with Crippen LogP contribution in [0.25, 0.3) is 0 Å². The summed E-state index contributed by atoms with van der Waals surface area (Å²) in [5.41, 5.74) is 1.53. The van der Waals surface area contributed by atoms with Gasteiger partial charge in [0.05, 0.1) is 11.8 Å². The molecular weight excluding hydrogens is 318 g/mol. The van der Waals surface area contributed by atoms with Gasteiger partial charge >= 0.3 is 0 Å². The third-order valence-corrected chi connectivity index (χ3v) is 3.81. The normalized spacial score (nSPS) is 11.3. The molecule has 1 heterocycles. The average Bonchev–Trinajstić information content (AvgIpc) is 2.84. The maximum absolute atomic E-state index is 12.2. The van der Waals surface area contributed by atoms with E-state index in [1.165, 1.54) is 11.8 Å². The van der Waals surface area contributed by atoms with Crippen molar-refractivity contribution < 1.29 is 9.21 Å². The molecule has 2 aromatic rings. The van der Waals surface area contributed by atoms with Crippen molar-refractivity contribution in [2.45, 2.75) is 32.2 Å². The Morgan fingerprint density at radius 1 is 1.25 bits per heavy atom. The van der Waals surface area contributed by atoms with E-state index in [-0.39, 0.29) is 11.4 Å². The number of nitrogens with one attached hydrogen (secondary N) is 1. The first-order chi connectivity index (χ1) is 9.48. The minimum absolute atomic E-state index is 0.122. The van der Waals surface area contributed by atoms with Crippen LogP contribution in [0.4, 0.5) is 0 Å². The highest BCUT2D eigenvalue weighted by molar-refractivity contribution is 9.10. The van der Waals surface area contributed by atoms with Gasteiger partial charge in [-0.2, -0.15) is 0 Å². The van der Waals surface area contributed by atoms with Gasteiger partial charge in [0, 0.05) is 5.54 Å². The van der Waals surface area contributed by atoms with E-state index in [2.05, 4.69) is 33.4 Å². The third kappa shape index (κ3) is 3.97. The van der Waals surface area contributed by atoms with Crippen molar-refractivity contribution in [1.82, 2.24) is 5.32 Å². The molecule has 0 radical (unpaired) electrons. The Morgan fingerprint density at radius 2 is 1.95 bits per heavy atom. The van der Waals surface area contributed by atoms with Crippen molar-refractivity contribution >= 4 is 21.8 Å². The monoisotopic (exact) mass is 335 g/mol. The van der Waals surface area contributed by atoms with Crippen LogP contribution in [0.2, 0.25) is 0 Å². The lowest BCUT2D eigenvalue weighted by Crippen LogP contribution is -2.43. The number of halogens is 1. The molecule has 1 aromatic carbocycles. The zero-order valence-corrected chi connectivity index (χ0v) is 13.2. The van der Waals surface area contributed by atoms with E-state index < -0.39 is 0 Å². The predicted octanol–water partition coefficient (Wildman–Crippen LogP) is 4.18. The second kappa shape index (κ2) is 6.27. The van der Waals surface area contributed by atoms with Gasteiger partial charge in [0.15, 0.2) is 4.67 Å². The van der Waals surface area contributed by atoms with Crippen LogP contribution in [0.15, 0.2) is 51.7 Å². The van der Waals surface area contributed by atoms with Gasteiger partial charge in [0.2, 0.25) is 0 Å². The number of furan rings is 1. The second-order valence-corrected chi connectivity index (χ2v) is 6.15. The standard InChI is InChI=1S/C16H18BrNO2/c1-16(2,10-8-12-6-4-3-5-7-12)18-15(19)13-9-11-20-14(13)17/h3-7,9,11H,8,10H2,1-2H3,(H,18,19). The van der Waals surface area contributed by atoms with Gasteiger partial charge < -0.3 is 9.73 Å². The third-order valence-electron chi connectivity index (χ3n) is 3.20. The Labute approximate surface area is 127 Å². The first kappa shape index (κ1) is 14.9. The van der Waals surface area contributed by atoms with Crippen LogP contribution in [0.5, 0.6) is 0 Å². The van der Waals surface area contributed by atoms with E-state index in [4.69, 9.17) is 4.42 Å². The zero-order valence-electron chi connectivity index (χ0n) is 11.7. The quantitative estimate of drug-likeness (QED) is 0.890. The van der Waals surface area contributed by atoms with Gasteiger partial charge in [-0.25, -0.2) is 0 Å². The van der Waals surface area contributed by atoms with Crippen molar-refractivity contribution in [3.05, 3.63) is 58.5 Å². The second-order valence-electron chi connectivity index (χ2n) is 5.43. The van der Waals surface area contributed by atoms with Gasteiger partial charge in [-0.05, 0) is 54.2 Å². The highest BCUT2D eigenvalue weighted by Crippen LogP contribution is 2.20. The number of hydrogen-bond donors (Lipinski definition) is 1. The molecular formula is C16H18BrNO2. The van der Waals surface area contributed by atoms with E-state index in [0.717, 1.165) is 12.8 Å². The summed E-state index contributed by atoms with van der Waals surface area (Å²) in [7, 11) is 0. The lowest BCUT2D eigenvalue weighted by molar-refractivity contribution is 0.0907. The summed E-state index contributed by atoms with van der Waals surface area (Å²) < 4.78 is 5.55. The smallest absolute Gasteiger partial charge is 0.256 e. The number of carbonyl (C=O) groups is 1. The number of aryl methyl sites for hydroxylation is 1. The van der Waals surface area contributed by atoms with Gasteiger partial charge in [-0.15, -0.1) is 0 Å². The van der Waals surface area contributed by atoms with Crippen LogP contribution in [0, 0.1) is 0 Å². The SMILES string of the molecule is CC(C)(CCc1ccccc1)NC(=O)c1ccoc1Br. The van der Waals surface area contributed by atoms with E-state index in [1.54, 1.807) is 6.07 Å². The highest BCUT2D eigenvalue weighted by Gasteiger charge is 2.23. The van der Waals surface area contributed by atoms with Crippen molar-refractivity contribution in [3.63, 3.8) is 0 Å². The van der Waals surface area contributed by atoms with Crippen LogP contribution >= 0.6 is 15.9 Å². The van der Waals surface area contributed by atoms with Gasteiger partial charge in [0.25, 0.3) is 5.91 Å². The summed E-state index contributed by atoms with van der Waals surface area (Å²) in [5, 5.41) is 3.04. The lowest BCUT2D eigenvalue weighted by Gasteiger charge is -2.26. The Balaban J connectivity index is 1.94. The number of hydrogen-bond acceptors (Lipinski definition) is 2. The molecule has 1 N–H and O–H groups in total. The Morgan fingerprint density at radius 3 is 2.55 bits per heavy atom. The number of benzene rings is 1. The fourth-order valence-electron chi connectivity index (χ4n) is 1.99. The molecule has 0 aliphatic heterocycles. The Kier molecular flexibility index (Phi) is 4.65. The molecule has 0 saturated carbocycles. The minimum atomic E-state index is -0.274. The molecule has 106 valence electrons. The van der Waals surface area contributed by atoms with Crippen molar-refractivity contribution in [2.24, 2.45) is 0 Å². The molecule has 0 unspecified atom stereocenters. The number of carbonyl (C=O) groups excluding carboxylic acids is 1. The highest BCUT2D eigenvalue weighted by atomic mass is 79.9. The summed E-state index contributed by atoms with van der Waals surface area (Å²) in [6, 6.07) is 11.9. The van der Waals surface area contributed by atoms with E-state index in [0.29, 0.717) is 10.2 Å². The molecule has 0 atom stereocenters. The average molecular weight is 336 g/mol. The molecule has 0 aliphatic carbocycles. The number of amides is 1. The van der Waals surface area contributed by atoms with Crippen molar-refractivity contribution in [3.8, 4) is 0 Å². The largest absolute Gasteiger partial charge is 0.457 e. The van der Waals surface area contributed by atoms with Crippen LogP contribution in [0.1, 0.15) is 36.2 Å². The van der Waals surface area contributed by atoms with Crippen LogP contribution < -0.4 is 5.32 Å². The molecule has 2 rings (SSSR count). The lowest BCUT2D eigenvalue weighted by atomic mass is 9.95. The van der Waals surface area contributed by atoms with E-state index in [1.807, 2.05) is 32.0 Å². The fraction of sp³-hybridized carbons (Fsp3) is 0.312. The van der Waals surface area contributed by atoms with Crippen LogP contribution in [-0.4, -0.2) is 11.4 Å². The van der Waals surface area contributed by atoms with Gasteiger partial charge in [0.1, 0.15) is 0 Å². The summed E-state index contributed by atoms with van der Waals surface area (Å²) in [4.78, 5) is 12.2. The summed E-state index contributed by atoms with van der Waals surface area (Å²) in [6.07, 6.45) is 3.30. The molecule has 20 heavy (non-hydrogen) atoms. The van der Waals surface area contributed by atoms with Crippen LogP contribution in [-0.2, 0) is 6.42 Å². The molecule has 0 saturated heterocycles. The maximum atomic E-state index is 12.2. The molecule has 0 fully saturated rings. The molecule has 4 heteroatoms. The van der Waals surface area contributed by atoms with Gasteiger partial charge in [-0.1, -0.05) is 30.3 Å². The molecule has 0 bridgehead atoms. The summed E-state index contributed by atoms with van der Waals surface area (Å²) >= 11 is 3.22.